The molecule has 0 saturated carbocycles. The molecule has 26 heavy (non-hydrogen) atoms. The Bertz CT molecular complexity index is 774. The van der Waals surface area contributed by atoms with E-state index in [1.54, 1.807) is 31.2 Å². The van der Waals surface area contributed by atoms with E-state index in [1.165, 1.54) is 23.3 Å². The van der Waals surface area contributed by atoms with E-state index in [9.17, 15) is 9.59 Å². The molecule has 0 radical (unpaired) electrons. The number of ether oxygens (including phenoxy) is 2. The third kappa shape index (κ3) is 5.19. The van der Waals surface area contributed by atoms with Gasteiger partial charge in [-0.05, 0) is 45.0 Å². The second-order valence-electron chi connectivity index (χ2n) is 5.87. The first-order valence-corrected chi connectivity index (χ1v) is 9.23. The van der Waals surface area contributed by atoms with Crippen LogP contribution in [0.1, 0.15) is 34.2 Å². The number of carbonyl (C=O) groups excluding carboxylic acids is 2. The molecular formula is C18H21ClN2O4S. The second-order valence-corrected chi connectivity index (χ2v) is 7.39. The van der Waals surface area contributed by atoms with Gasteiger partial charge in [-0.3, -0.25) is 9.59 Å². The lowest BCUT2D eigenvalue weighted by atomic mass is 10.2. The average Bonchev–Trinajstić information content (AvgIpc) is 2.98. The van der Waals surface area contributed by atoms with Crippen LogP contribution in [0.5, 0.6) is 5.75 Å². The summed E-state index contributed by atoms with van der Waals surface area (Å²) in [5.74, 6) is -0.0247. The summed E-state index contributed by atoms with van der Waals surface area (Å²) in [5.41, 5.74) is 0.616. The molecule has 0 spiro atoms. The summed E-state index contributed by atoms with van der Waals surface area (Å²) in [4.78, 5) is 30.8. The number of hydrogen-bond donors (Lipinski definition) is 0. The maximum Gasteiger partial charge on any atom is 0.325 e. The molecule has 0 saturated heterocycles. The van der Waals surface area contributed by atoms with Crippen molar-refractivity contribution in [3.05, 3.63) is 44.9 Å². The Hall–Kier alpha value is -2.12. The van der Waals surface area contributed by atoms with Gasteiger partial charge in [-0.2, -0.15) is 0 Å². The quantitative estimate of drug-likeness (QED) is 0.667. The zero-order valence-electron chi connectivity index (χ0n) is 15.1. The Kier molecular flexibility index (Phi) is 6.99. The highest BCUT2D eigenvalue weighted by atomic mass is 35.5. The molecule has 0 aliphatic rings. The smallest absolute Gasteiger partial charge is 0.325 e. The number of rotatable bonds is 7. The number of halogens is 1. The van der Waals surface area contributed by atoms with Gasteiger partial charge < -0.3 is 14.4 Å². The molecule has 6 nitrogen and oxygen atoms in total. The van der Waals surface area contributed by atoms with E-state index in [0.717, 1.165) is 0 Å². The maximum atomic E-state index is 12.8. The van der Waals surface area contributed by atoms with Crippen LogP contribution in [-0.4, -0.2) is 41.5 Å². The first-order chi connectivity index (χ1) is 12.3. The van der Waals surface area contributed by atoms with Crippen molar-refractivity contribution in [1.82, 2.24) is 9.88 Å². The van der Waals surface area contributed by atoms with Crippen LogP contribution in [0, 0.1) is 6.92 Å². The van der Waals surface area contributed by atoms with Crippen LogP contribution in [0.15, 0.2) is 24.3 Å². The number of amides is 1. The molecule has 0 aliphatic carbocycles. The molecule has 0 bridgehead atoms. The maximum absolute atomic E-state index is 12.8. The molecule has 1 aromatic heterocycles. The number of carbonyl (C=O) groups is 2. The molecule has 0 unspecified atom stereocenters. The molecule has 8 heteroatoms. The predicted molar refractivity (Wildman–Crippen MR) is 101 cm³/mol. The molecule has 0 N–H and O–H groups in total. The fraction of sp³-hybridized carbons (Fsp3) is 0.389. The van der Waals surface area contributed by atoms with Crippen molar-refractivity contribution in [1.29, 1.82) is 0 Å². The van der Waals surface area contributed by atoms with Crippen molar-refractivity contribution in [3.63, 3.8) is 0 Å². The van der Waals surface area contributed by atoms with Gasteiger partial charge >= 0.3 is 5.97 Å². The van der Waals surface area contributed by atoms with E-state index in [-0.39, 0.29) is 25.1 Å². The normalized spacial score (nSPS) is 10.7. The van der Waals surface area contributed by atoms with Gasteiger partial charge in [-0.1, -0.05) is 11.6 Å². The standard InChI is InChI=1S/C18H21ClN2O4S/c1-11(2)21(9-16(22)24-4)18(23)17-12(3)20-15(26-17)10-25-14-7-5-13(19)6-8-14/h5-8,11H,9-10H2,1-4H3. The molecule has 1 aromatic carbocycles. The van der Waals surface area contributed by atoms with Crippen molar-refractivity contribution in [2.75, 3.05) is 13.7 Å². The summed E-state index contributed by atoms with van der Waals surface area (Å²) in [6.45, 7) is 5.62. The summed E-state index contributed by atoms with van der Waals surface area (Å²) in [6, 6.07) is 6.88. The van der Waals surface area contributed by atoms with E-state index >= 15 is 0 Å². The van der Waals surface area contributed by atoms with Gasteiger partial charge in [0.05, 0.1) is 12.8 Å². The van der Waals surface area contributed by atoms with Gasteiger partial charge in [-0.15, -0.1) is 11.3 Å². The summed E-state index contributed by atoms with van der Waals surface area (Å²) in [7, 11) is 1.30. The molecule has 2 aromatic rings. The average molecular weight is 397 g/mol. The van der Waals surface area contributed by atoms with E-state index in [2.05, 4.69) is 9.72 Å². The fourth-order valence-electron chi connectivity index (χ4n) is 2.21. The zero-order valence-corrected chi connectivity index (χ0v) is 16.7. The zero-order chi connectivity index (χ0) is 19.3. The molecule has 1 amide bonds. The number of aromatic nitrogens is 1. The number of nitrogens with zero attached hydrogens (tertiary/aromatic N) is 2. The predicted octanol–water partition coefficient (Wildman–Crippen LogP) is 3.71. The lowest BCUT2D eigenvalue weighted by molar-refractivity contribution is -0.141. The molecule has 2 rings (SSSR count). The number of benzene rings is 1. The summed E-state index contributed by atoms with van der Waals surface area (Å²) in [5, 5.41) is 1.32. The third-order valence-electron chi connectivity index (χ3n) is 3.62. The lowest BCUT2D eigenvalue weighted by Gasteiger charge is -2.25. The van der Waals surface area contributed by atoms with Crippen LogP contribution in [0.3, 0.4) is 0 Å². The van der Waals surface area contributed by atoms with Crippen molar-refractivity contribution < 1.29 is 19.1 Å². The topological polar surface area (TPSA) is 68.7 Å². The summed E-state index contributed by atoms with van der Waals surface area (Å²) >= 11 is 7.11. The minimum atomic E-state index is -0.458. The van der Waals surface area contributed by atoms with Crippen LogP contribution in [-0.2, 0) is 16.1 Å². The monoisotopic (exact) mass is 396 g/mol. The number of hydrogen-bond acceptors (Lipinski definition) is 6. The summed E-state index contributed by atoms with van der Waals surface area (Å²) < 4.78 is 10.3. The van der Waals surface area contributed by atoms with E-state index in [1.807, 2.05) is 13.8 Å². The SMILES string of the molecule is COC(=O)CN(C(=O)c1sc(COc2ccc(Cl)cc2)nc1C)C(C)C. The first kappa shape index (κ1) is 20.2. The highest BCUT2D eigenvalue weighted by Crippen LogP contribution is 2.23. The summed E-state index contributed by atoms with van der Waals surface area (Å²) in [6.07, 6.45) is 0. The van der Waals surface area contributed by atoms with Crippen molar-refractivity contribution in [2.24, 2.45) is 0 Å². The van der Waals surface area contributed by atoms with Crippen molar-refractivity contribution in [3.8, 4) is 5.75 Å². The third-order valence-corrected chi connectivity index (χ3v) is 4.99. The number of methoxy groups -OCH3 is 1. The van der Waals surface area contributed by atoms with Crippen LogP contribution >= 0.6 is 22.9 Å². The first-order valence-electron chi connectivity index (χ1n) is 8.04. The minimum absolute atomic E-state index is 0.0963. The number of esters is 1. The number of thiazole rings is 1. The van der Waals surface area contributed by atoms with Gasteiger partial charge in [0.1, 0.15) is 28.8 Å². The fourth-order valence-corrected chi connectivity index (χ4v) is 3.27. The van der Waals surface area contributed by atoms with Crippen LogP contribution in [0.4, 0.5) is 0 Å². The Morgan fingerprint density at radius 1 is 1.27 bits per heavy atom. The molecule has 1 heterocycles. The minimum Gasteiger partial charge on any atom is -0.486 e. The van der Waals surface area contributed by atoms with Crippen molar-refractivity contribution >= 4 is 34.8 Å². The highest BCUT2D eigenvalue weighted by molar-refractivity contribution is 7.13. The highest BCUT2D eigenvalue weighted by Gasteiger charge is 2.25. The molecule has 0 aliphatic heterocycles. The van der Waals surface area contributed by atoms with Gasteiger partial charge in [0.25, 0.3) is 5.91 Å². The second kappa shape index (κ2) is 9.00. The molecular weight excluding hydrogens is 376 g/mol. The Balaban J connectivity index is 2.10. The van der Waals surface area contributed by atoms with E-state index in [0.29, 0.717) is 26.4 Å². The largest absolute Gasteiger partial charge is 0.486 e. The molecule has 0 fully saturated rings. The van der Waals surface area contributed by atoms with Crippen LogP contribution < -0.4 is 4.74 Å². The molecule has 0 atom stereocenters. The number of aryl methyl sites for hydroxylation is 1. The Morgan fingerprint density at radius 2 is 1.92 bits per heavy atom. The van der Waals surface area contributed by atoms with Gasteiger partial charge in [-0.25, -0.2) is 4.98 Å². The van der Waals surface area contributed by atoms with E-state index < -0.39 is 5.97 Å². The molecule has 140 valence electrons. The van der Waals surface area contributed by atoms with Gasteiger partial charge in [0.15, 0.2) is 0 Å². The Morgan fingerprint density at radius 3 is 2.50 bits per heavy atom. The van der Waals surface area contributed by atoms with Crippen LogP contribution in [0.25, 0.3) is 0 Å². The lowest BCUT2D eigenvalue weighted by Crippen LogP contribution is -2.41. The Labute approximate surface area is 161 Å². The van der Waals surface area contributed by atoms with Crippen LogP contribution in [0.2, 0.25) is 5.02 Å². The van der Waals surface area contributed by atoms with Gasteiger partial charge in [0, 0.05) is 11.1 Å². The van der Waals surface area contributed by atoms with E-state index in [4.69, 9.17) is 16.3 Å². The van der Waals surface area contributed by atoms with Crippen molar-refractivity contribution in [2.45, 2.75) is 33.4 Å². The van der Waals surface area contributed by atoms with Gasteiger partial charge in [0.2, 0.25) is 0 Å².